The van der Waals surface area contributed by atoms with Crippen LogP contribution in [0.15, 0.2) is 152 Å². The molecule has 0 bridgehead atoms. The van der Waals surface area contributed by atoms with E-state index in [0.29, 0.717) is 24.1 Å². The number of anilines is 3. The Morgan fingerprint density at radius 2 is 1.34 bits per heavy atom. The molecule has 1 aliphatic carbocycles. The van der Waals surface area contributed by atoms with Gasteiger partial charge in [0.25, 0.3) is 5.91 Å². The minimum absolute atomic E-state index is 0.0802. The number of pyridine rings is 1. The van der Waals surface area contributed by atoms with Crippen molar-refractivity contribution in [2.75, 3.05) is 10.2 Å². The number of hydrogen-bond donors (Lipinski definition) is 1. The molecule has 5 heteroatoms. The summed E-state index contributed by atoms with van der Waals surface area (Å²) >= 11 is 0. The Labute approximate surface area is 362 Å². The number of aryl methyl sites for hydroxylation is 1. The van der Waals surface area contributed by atoms with Crippen LogP contribution in [0.25, 0.3) is 23.3 Å². The number of Topliss-reactive ketones (excluding diaryl/α,β-unsaturated/α-hetero) is 1. The molecule has 0 radical (unpaired) electrons. The van der Waals surface area contributed by atoms with Gasteiger partial charge in [-0.25, -0.2) is 0 Å². The maximum absolute atomic E-state index is 14.2. The number of nitrogens with one attached hydrogen (secondary N) is 1. The van der Waals surface area contributed by atoms with Crippen molar-refractivity contribution in [3.05, 3.63) is 191 Å². The van der Waals surface area contributed by atoms with Gasteiger partial charge >= 0.3 is 0 Å². The van der Waals surface area contributed by atoms with Crippen LogP contribution in [0.5, 0.6) is 0 Å². The fraction of sp³-hybridized carbons (Fsp3) is 0.268. The first-order valence-corrected chi connectivity index (χ1v) is 22.4. The van der Waals surface area contributed by atoms with Gasteiger partial charge in [0.2, 0.25) is 6.54 Å². The van der Waals surface area contributed by atoms with Crippen molar-refractivity contribution < 1.29 is 14.2 Å². The summed E-state index contributed by atoms with van der Waals surface area (Å²) in [5.74, 6) is 0.349. The maximum atomic E-state index is 14.2. The van der Waals surface area contributed by atoms with Gasteiger partial charge in [0.1, 0.15) is 0 Å². The van der Waals surface area contributed by atoms with Gasteiger partial charge in [-0.2, -0.15) is 4.57 Å². The highest BCUT2D eigenvalue weighted by molar-refractivity contribution is 6.29. The Bertz CT molecular complexity index is 2430. The molecule has 2 atom stereocenters. The van der Waals surface area contributed by atoms with Crippen molar-refractivity contribution >= 4 is 52.1 Å². The number of rotatable bonds is 17. The maximum Gasteiger partial charge on any atom is 0.256 e. The molecule has 8 rings (SSSR count). The number of unbranched alkanes of at least 4 members (excludes halogenated alkanes) is 5. The molecule has 1 fully saturated rings. The Morgan fingerprint density at radius 3 is 2.02 bits per heavy atom. The fourth-order valence-corrected chi connectivity index (χ4v) is 9.28. The van der Waals surface area contributed by atoms with Crippen molar-refractivity contribution in [1.29, 1.82) is 0 Å². The van der Waals surface area contributed by atoms with Gasteiger partial charge in [-0.05, 0) is 119 Å². The van der Waals surface area contributed by atoms with Gasteiger partial charge in [-0.15, -0.1) is 0 Å². The normalized spacial score (nSPS) is 15.6. The number of fused-ring (bicyclic) bond motifs is 3. The van der Waals surface area contributed by atoms with E-state index in [0.717, 1.165) is 41.6 Å². The van der Waals surface area contributed by atoms with Crippen molar-refractivity contribution in [2.45, 2.75) is 96.6 Å². The van der Waals surface area contributed by atoms with Crippen LogP contribution in [0.2, 0.25) is 0 Å². The Balaban J connectivity index is 1.05. The summed E-state index contributed by atoms with van der Waals surface area (Å²) in [5.41, 5.74) is 13.0. The molecule has 2 heterocycles. The number of amides is 1. The molecule has 1 aromatic heterocycles. The molecule has 1 N–H and O–H groups in total. The topological polar surface area (TPSA) is 53.3 Å². The molecule has 6 aromatic rings. The zero-order valence-corrected chi connectivity index (χ0v) is 35.7. The molecule has 0 saturated heterocycles. The van der Waals surface area contributed by atoms with Gasteiger partial charge < -0.3 is 10.2 Å². The SMILES string of the molecule is CCCCCCCCc1ccc(NC(=O)/C(=C\c2ccc3c(c2)C2CCCC2N3c2ccc(C=C(c3ccccc3)c3ccccc3)cc2)c2cc[n+](CC(C)=O)cc2)cc1. The highest BCUT2D eigenvalue weighted by atomic mass is 16.1. The second-order valence-corrected chi connectivity index (χ2v) is 16.9. The van der Waals surface area contributed by atoms with E-state index in [-0.39, 0.29) is 11.7 Å². The van der Waals surface area contributed by atoms with Crippen molar-refractivity contribution in [3.8, 4) is 0 Å². The van der Waals surface area contributed by atoms with E-state index in [1.54, 1.807) is 6.92 Å². The van der Waals surface area contributed by atoms with Gasteiger partial charge in [0, 0.05) is 53.7 Å². The summed E-state index contributed by atoms with van der Waals surface area (Å²) < 4.78 is 1.85. The predicted molar refractivity (Wildman–Crippen MR) is 253 cm³/mol. The zero-order chi connectivity index (χ0) is 42.0. The lowest BCUT2D eigenvalue weighted by molar-refractivity contribution is -0.684. The molecular formula is C56H58N3O2+. The monoisotopic (exact) mass is 804 g/mol. The molecule has 2 unspecified atom stereocenters. The summed E-state index contributed by atoms with van der Waals surface area (Å²) in [5, 5.41) is 3.20. The summed E-state index contributed by atoms with van der Waals surface area (Å²) in [6.07, 6.45) is 20.3. The van der Waals surface area contributed by atoms with Crippen LogP contribution in [0, 0.1) is 0 Å². The van der Waals surface area contributed by atoms with E-state index in [2.05, 4.69) is 138 Å². The molecule has 2 aliphatic rings. The Hall–Kier alpha value is -6.33. The first kappa shape index (κ1) is 41.4. The molecular weight excluding hydrogens is 747 g/mol. The number of carbonyl (C=O) groups excluding carboxylic acids is 2. The lowest BCUT2D eigenvalue weighted by atomic mass is 9.94. The largest absolute Gasteiger partial charge is 0.338 e. The average molecular weight is 805 g/mol. The number of hydrogen-bond acceptors (Lipinski definition) is 3. The van der Waals surface area contributed by atoms with E-state index in [1.165, 1.54) is 84.1 Å². The van der Waals surface area contributed by atoms with Crippen molar-refractivity contribution in [3.63, 3.8) is 0 Å². The molecule has 308 valence electrons. The Morgan fingerprint density at radius 1 is 0.689 bits per heavy atom. The molecule has 0 spiro atoms. The third kappa shape index (κ3) is 10.2. The van der Waals surface area contributed by atoms with Crippen molar-refractivity contribution in [1.82, 2.24) is 0 Å². The minimum atomic E-state index is -0.161. The van der Waals surface area contributed by atoms with Gasteiger partial charge in [-0.3, -0.25) is 9.59 Å². The quantitative estimate of drug-likeness (QED) is 0.0432. The van der Waals surface area contributed by atoms with Crippen LogP contribution >= 0.6 is 0 Å². The van der Waals surface area contributed by atoms with Crippen LogP contribution in [0.4, 0.5) is 17.1 Å². The number of ketones is 1. The number of aromatic nitrogens is 1. The molecule has 5 nitrogen and oxygen atoms in total. The van der Waals surface area contributed by atoms with E-state index in [4.69, 9.17) is 0 Å². The first-order valence-electron chi connectivity index (χ1n) is 22.4. The number of carbonyl (C=O) groups is 2. The molecule has 1 saturated carbocycles. The summed E-state index contributed by atoms with van der Waals surface area (Å²) in [7, 11) is 0. The standard InChI is InChI=1S/C56H57N3O2/c1-3-4-5-6-7-10-16-42-23-28-48(29-24-42)57-56(61)52(47-33-35-58(36-34-47)40-41(2)60)38-44-27-32-55-53(39-44)50-21-15-22-54(50)59(55)49-30-25-43(26-31-49)37-51(45-17-11-8-12-18-45)46-19-13-9-14-20-46/h8-9,11-14,17-20,23-39,50,54H,3-7,10,15-16,21-22,40H2,1-2H3/p+1. The summed E-state index contributed by atoms with van der Waals surface area (Å²) in [6, 6.07) is 49.5. The van der Waals surface area contributed by atoms with Crippen LogP contribution < -0.4 is 14.8 Å². The van der Waals surface area contributed by atoms with Gasteiger partial charge in [0.15, 0.2) is 18.2 Å². The lowest BCUT2D eigenvalue weighted by Gasteiger charge is -2.27. The summed E-state index contributed by atoms with van der Waals surface area (Å²) in [6.45, 7) is 4.13. The third-order valence-electron chi connectivity index (χ3n) is 12.4. The fourth-order valence-electron chi connectivity index (χ4n) is 9.28. The van der Waals surface area contributed by atoms with E-state index >= 15 is 0 Å². The van der Waals surface area contributed by atoms with Gasteiger partial charge in [-0.1, -0.05) is 136 Å². The Kier molecular flexibility index (Phi) is 13.5. The van der Waals surface area contributed by atoms with Crippen LogP contribution in [-0.4, -0.2) is 17.7 Å². The van der Waals surface area contributed by atoms with Crippen LogP contribution in [0.3, 0.4) is 0 Å². The van der Waals surface area contributed by atoms with E-state index in [1.807, 2.05) is 47.3 Å². The molecule has 1 aliphatic heterocycles. The smallest absolute Gasteiger partial charge is 0.256 e. The van der Waals surface area contributed by atoms with Gasteiger partial charge in [0.05, 0.1) is 0 Å². The molecule has 1 amide bonds. The highest BCUT2D eigenvalue weighted by Gasteiger charge is 2.42. The second kappa shape index (κ2) is 19.8. The van der Waals surface area contributed by atoms with Crippen LogP contribution in [-0.2, 0) is 22.6 Å². The van der Waals surface area contributed by atoms with Crippen LogP contribution in [0.1, 0.15) is 116 Å². The van der Waals surface area contributed by atoms with Crippen molar-refractivity contribution in [2.24, 2.45) is 0 Å². The molecule has 5 aromatic carbocycles. The second-order valence-electron chi connectivity index (χ2n) is 16.9. The average Bonchev–Trinajstić information content (AvgIpc) is 3.89. The zero-order valence-electron chi connectivity index (χ0n) is 35.7. The third-order valence-corrected chi connectivity index (χ3v) is 12.4. The lowest BCUT2D eigenvalue weighted by Crippen LogP contribution is -2.36. The number of nitrogens with zero attached hydrogens (tertiary/aromatic N) is 2. The number of benzene rings is 5. The summed E-state index contributed by atoms with van der Waals surface area (Å²) in [4.78, 5) is 28.6. The first-order chi connectivity index (χ1) is 29.9. The highest BCUT2D eigenvalue weighted by Crippen LogP contribution is 2.52. The van der Waals surface area contributed by atoms with E-state index < -0.39 is 0 Å². The minimum Gasteiger partial charge on any atom is -0.338 e. The molecule has 61 heavy (non-hydrogen) atoms. The van der Waals surface area contributed by atoms with E-state index in [9.17, 15) is 9.59 Å². The predicted octanol–water partition coefficient (Wildman–Crippen LogP) is 13.0.